The molecule has 0 aromatic rings. The average molecular weight is 194 g/mol. The van der Waals surface area contributed by atoms with Crippen molar-refractivity contribution in [2.45, 2.75) is 18.4 Å². The van der Waals surface area contributed by atoms with E-state index in [1.165, 1.54) is 0 Å². The van der Waals surface area contributed by atoms with Gasteiger partial charge in [-0.2, -0.15) is 0 Å². The van der Waals surface area contributed by atoms with E-state index in [1.54, 1.807) is 0 Å². The normalized spacial score (nSPS) is 43.1. The van der Waals surface area contributed by atoms with Gasteiger partial charge in [-0.3, -0.25) is 0 Å². The molecule has 5 heteroatoms. The molecule has 4 nitrogen and oxygen atoms in total. The molecule has 0 spiro atoms. The number of hydrogen-bond donors (Lipinski definition) is 2. The van der Waals surface area contributed by atoms with Gasteiger partial charge in [0.1, 0.15) is 0 Å². The number of fused-ring (bicyclic) bond motifs is 1. The van der Waals surface area contributed by atoms with Crippen LogP contribution in [0.3, 0.4) is 0 Å². The number of rotatable bonds is 2. The number of carboxylic acids is 1. The largest absolute Gasteiger partial charge is 0.479 e. The summed E-state index contributed by atoms with van der Waals surface area (Å²) in [6, 6.07) is 0. The van der Waals surface area contributed by atoms with Gasteiger partial charge in [0.15, 0.2) is 5.60 Å². The molecule has 0 aromatic heterocycles. The molecule has 1 aliphatic carbocycles. The summed E-state index contributed by atoms with van der Waals surface area (Å²) < 4.78 is 5.19. The SMILES string of the molecule is Cl.NCC12COC(C(=O)O)(C1)C2. The summed E-state index contributed by atoms with van der Waals surface area (Å²) in [5.74, 6) is -0.834. The summed E-state index contributed by atoms with van der Waals surface area (Å²) in [4.78, 5) is 10.7. The van der Waals surface area contributed by atoms with Crippen LogP contribution in [-0.2, 0) is 9.53 Å². The average Bonchev–Trinajstić information content (AvgIpc) is 2.39. The van der Waals surface area contributed by atoms with Gasteiger partial charge in [-0.1, -0.05) is 0 Å². The Morgan fingerprint density at radius 1 is 1.58 bits per heavy atom. The number of aliphatic carboxylic acids is 1. The van der Waals surface area contributed by atoms with Gasteiger partial charge in [0, 0.05) is 12.0 Å². The summed E-state index contributed by atoms with van der Waals surface area (Å²) in [5, 5.41) is 8.75. The summed E-state index contributed by atoms with van der Waals surface area (Å²) >= 11 is 0. The van der Waals surface area contributed by atoms with Crippen LogP contribution in [-0.4, -0.2) is 29.8 Å². The van der Waals surface area contributed by atoms with Crippen molar-refractivity contribution in [1.29, 1.82) is 0 Å². The van der Waals surface area contributed by atoms with E-state index in [0.29, 0.717) is 26.0 Å². The third-order valence-electron chi connectivity index (χ3n) is 2.80. The van der Waals surface area contributed by atoms with E-state index in [4.69, 9.17) is 15.6 Å². The van der Waals surface area contributed by atoms with Crippen LogP contribution in [0.2, 0.25) is 0 Å². The first-order valence-corrected chi connectivity index (χ1v) is 3.70. The molecular weight excluding hydrogens is 182 g/mol. The van der Waals surface area contributed by atoms with Crippen molar-refractivity contribution in [2.24, 2.45) is 11.1 Å². The second kappa shape index (κ2) is 2.58. The molecule has 3 fully saturated rings. The fraction of sp³-hybridized carbons (Fsp3) is 0.857. The molecule has 0 unspecified atom stereocenters. The van der Waals surface area contributed by atoms with Crippen LogP contribution in [0.5, 0.6) is 0 Å². The van der Waals surface area contributed by atoms with Crippen molar-refractivity contribution in [3.8, 4) is 0 Å². The summed E-state index contributed by atoms with van der Waals surface area (Å²) in [5.41, 5.74) is 4.63. The third kappa shape index (κ3) is 0.952. The number of halogens is 1. The number of carboxylic acid groups (broad SMARTS) is 1. The lowest BCUT2D eigenvalue weighted by Gasteiger charge is -2.40. The standard InChI is InChI=1S/C7H11NO3.ClH/c8-3-6-1-7(2-6,5(9)10)11-4-6;/h1-4,8H2,(H,9,10);1H. The van der Waals surface area contributed by atoms with E-state index in [9.17, 15) is 4.79 Å². The van der Waals surface area contributed by atoms with E-state index in [1.807, 2.05) is 0 Å². The van der Waals surface area contributed by atoms with Gasteiger partial charge < -0.3 is 15.6 Å². The zero-order chi connectivity index (χ0) is 8.11. The molecule has 0 amide bonds. The smallest absolute Gasteiger partial charge is 0.336 e. The first-order chi connectivity index (χ1) is 5.13. The first-order valence-electron chi connectivity index (χ1n) is 3.70. The topological polar surface area (TPSA) is 72.5 Å². The molecule has 70 valence electrons. The summed E-state index contributed by atoms with van der Waals surface area (Å²) in [6.45, 7) is 1.07. The summed E-state index contributed by atoms with van der Waals surface area (Å²) in [7, 11) is 0. The van der Waals surface area contributed by atoms with Gasteiger partial charge >= 0.3 is 5.97 Å². The summed E-state index contributed by atoms with van der Waals surface area (Å²) in [6.07, 6.45) is 1.21. The molecular formula is C7H12ClNO3. The fourth-order valence-corrected chi connectivity index (χ4v) is 2.07. The van der Waals surface area contributed by atoms with Crippen LogP contribution in [0, 0.1) is 5.41 Å². The van der Waals surface area contributed by atoms with Gasteiger partial charge in [-0.15, -0.1) is 12.4 Å². The highest BCUT2D eigenvalue weighted by molar-refractivity contribution is 5.85. The minimum absolute atomic E-state index is 0. The van der Waals surface area contributed by atoms with Crippen molar-refractivity contribution in [1.82, 2.24) is 0 Å². The molecule has 2 aliphatic heterocycles. The Hall–Kier alpha value is -0.320. The van der Waals surface area contributed by atoms with Gasteiger partial charge in [0.05, 0.1) is 6.61 Å². The van der Waals surface area contributed by atoms with Crippen LogP contribution in [0.25, 0.3) is 0 Å². The Labute approximate surface area is 76.5 Å². The number of hydrogen-bond acceptors (Lipinski definition) is 3. The van der Waals surface area contributed by atoms with Crippen LogP contribution in [0.4, 0.5) is 0 Å². The van der Waals surface area contributed by atoms with Crippen LogP contribution in [0.1, 0.15) is 12.8 Å². The maximum absolute atomic E-state index is 10.7. The van der Waals surface area contributed by atoms with E-state index in [-0.39, 0.29) is 17.8 Å². The van der Waals surface area contributed by atoms with Crippen molar-refractivity contribution in [3.05, 3.63) is 0 Å². The van der Waals surface area contributed by atoms with E-state index in [0.717, 1.165) is 0 Å². The Kier molecular flexibility index (Phi) is 2.10. The van der Waals surface area contributed by atoms with Crippen LogP contribution in [0.15, 0.2) is 0 Å². The predicted molar refractivity (Wildman–Crippen MR) is 44.3 cm³/mol. The number of ether oxygens (including phenoxy) is 1. The van der Waals surface area contributed by atoms with Gasteiger partial charge in [0.25, 0.3) is 0 Å². The van der Waals surface area contributed by atoms with E-state index >= 15 is 0 Å². The molecule has 12 heavy (non-hydrogen) atoms. The number of carbonyl (C=O) groups is 1. The predicted octanol–water partition coefficient (Wildman–Crippen LogP) is 0.000700. The Balaban J connectivity index is 0.000000720. The van der Waals surface area contributed by atoms with Crippen LogP contribution < -0.4 is 5.73 Å². The Morgan fingerprint density at radius 2 is 2.17 bits per heavy atom. The quantitative estimate of drug-likeness (QED) is 0.648. The van der Waals surface area contributed by atoms with Crippen molar-refractivity contribution < 1.29 is 14.6 Å². The second-order valence-corrected chi connectivity index (χ2v) is 3.65. The minimum Gasteiger partial charge on any atom is -0.479 e. The van der Waals surface area contributed by atoms with Gasteiger partial charge in [-0.25, -0.2) is 4.79 Å². The highest BCUT2D eigenvalue weighted by Gasteiger charge is 2.66. The third-order valence-corrected chi connectivity index (χ3v) is 2.80. The molecule has 1 saturated carbocycles. The minimum atomic E-state index is -0.862. The number of nitrogens with two attached hydrogens (primary N) is 1. The van der Waals surface area contributed by atoms with Crippen molar-refractivity contribution >= 4 is 18.4 Å². The monoisotopic (exact) mass is 193 g/mol. The lowest BCUT2D eigenvalue weighted by Crippen LogP contribution is -2.52. The van der Waals surface area contributed by atoms with Gasteiger partial charge in [0.2, 0.25) is 0 Å². The second-order valence-electron chi connectivity index (χ2n) is 3.65. The lowest BCUT2D eigenvalue weighted by atomic mass is 9.62. The maximum Gasteiger partial charge on any atom is 0.336 e. The Morgan fingerprint density at radius 3 is 2.42 bits per heavy atom. The zero-order valence-corrected chi connectivity index (χ0v) is 7.39. The molecule has 2 saturated heterocycles. The maximum atomic E-state index is 10.7. The molecule has 2 bridgehead atoms. The molecule has 3 rings (SSSR count). The lowest BCUT2D eigenvalue weighted by molar-refractivity contribution is -0.164. The Bertz CT molecular complexity index is 213. The molecule has 0 aromatic carbocycles. The molecule has 0 atom stereocenters. The van der Waals surface area contributed by atoms with Crippen LogP contribution >= 0.6 is 12.4 Å². The van der Waals surface area contributed by atoms with E-state index in [2.05, 4.69) is 0 Å². The highest BCUT2D eigenvalue weighted by Crippen LogP contribution is 2.57. The molecule has 0 radical (unpaired) electrons. The van der Waals surface area contributed by atoms with E-state index < -0.39 is 11.6 Å². The molecule has 3 aliphatic rings. The fourth-order valence-electron chi connectivity index (χ4n) is 2.07. The molecule has 3 N–H and O–H groups in total. The van der Waals surface area contributed by atoms with Crippen molar-refractivity contribution in [2.75, 3.05) is 13.2 Å². The van der Waals surface area contributed by atoms with Crippen molar-refractivity contribution in [3.63, 3.8) is 0 Å². The van der Waals surface area contributed by atoms with Gasteiger partial charge in [-0.05, 0) is 12.8 Å². The molecule has 2 heterocycles. The highest BCUT2D eigenvalue weighted by atomic mass is 35.5. The first kappa shape index (κ1) is 9.77. The zero-order valence-electron chi connectivity index (χ0n) is 6.58.